The number of methoxy groups -OCH3 is 2. The van der Waals surface area contributed by atoms with Gasteiger partial charge in [-0.15, -0.1) is 0 Å². The molecule has 4 amide bonds. The fraction of sp³-hybridized carbons (Fsp3) is 0.447. The van der Waals surface area contributed by atoms with Gasteiger partial charge in [0.25, 0.3) is 0 Å². The summed E-state index contributed by atoms with van der Waals surface area (Å²) in [5, 5.41) is 7.67. The maximum Gasteiger partial charge on any atom is 0.407 e. The molecule has 2 saturated carbocycles. The number of imidazole rings is 2. The number of amides is 4. The highest BCUT2D eigenvalue weighted by Crippen LogP contribution is 2.58. The van der Waals surface area contributed by atoms with Gasteiger partial charge in [-0.3, -0.25) is 9.59 Å². The van der Waals surface area contributed by atoms with Crippen LogP contribution in [0.4, 0.5) is 9.59 Å². The van der Waals surface area contributed by atoms with E-state index in [2.05, 4.69) is 81.3 Å². The van der Waals surface area contributed by atoms with Gasteiger partial charge >= 0.3 is 12.2 Å². The van der Waals surface area contributed by atoms with Crippen LogP contribution in [0.25, 0.3) is 44.4 Å². The average molecular weight is 827 g/mol. The molecule has 0 radical (unpaired) electrons. The predicted octanol–water partition coefficient (Wildman–Crippen LogP) is 7.91. The lowest BCUT2D eigenvalue weighted by Gasteiger charge is -2.37. The third kappa shape index (κ3) is 7.61. The van der Waals surface area contributed by atoms with Crippen molar-refractivity contribution in [3.05, 3.63) is 84.7 Å². The van der Waals surface area contributed by atoms with Crippen LogP contribution >= 0.6 is 0 Å². The molecule has 1 spiro atoms. The highest BCUT2D eigenvalue weighted by Gasteiger charge is 2.55. The number of carbonyl (C=O) groups excluding carboxylic acids is 4. The van der Waals surface area contributed by atoms with Gasteiger partial charge in [-0.25, -0.2) is 19.6 Å². The minimum Gasteiger partial charge on any atom is -0.453 e. The van der Waals surface area contributed by atoms with Crippen LogP contribution in [0.15, 0.2) is 73.1 Å². The summed E-state index contributed by atoms with van der Waals surface area (Å²) in [7, 11) is 2.61. The van der Waals surface area contributed by atoms with Crippen molar-refractivity contribution in [2.45, 2.75) is 95.9 Å². The standard InChI is InChI=1S/C47H54N8O6/c1-6-35(52-45(58)60-4)43(56)54-25-47(17-18-47)22-38(54)41-48-24-37(50-41)32-14-13-30-19-29(11-12-31(30)20-32)27-7-9-28(10-8-27)36-23-49-42(51-36)40-33-15-16-34(21-33)55(40)44(57)39(26(2)3)53-46(59)61-5/h7-14,19-20,23-24,26,33-35,38-40H,6,15-18,21-22,25H2,1-5H3,(H,48,50)(H,49,51)(H,52,58)(H,53,59)/t33-,34+,35-,38-,39-,40-/m0/s1. The lowest BCUT2D eigenvalue weighted by Crippen LogP contribution is -2.54. The molecular formula is C47H54N8O6. The normalized spacial score (nSPS) is 22.1. The topological polar surface area (TPSA) is 175 Å². The SMILES string of the molecule is CC[C@H](NC(=O)OC)C(=O)N1CC2(CC2)C[C@H]1c1nc(-c2ccc3cc(-c4ccc(-c5cnc([C@@H]6[C@H]7CC[C@H](C7)N6C(=O)[C@@H](NC(=O)OC)C(C)C)[nH]5)cc4)ccc3c2)c[nH]1. The zero-order chi connectivity index (χ0) is 42.6. The molecule has 4 aliphatic rings. The molecule has 2 aromatic heterocycles. The Balaban J connectivity index is 0.891. The smallest absolute Gasteiger partial charge is 0.407 e. The number of carbonyl (C=O) groups is 4. The number of hydrogen-bond donors (Lipinski definition) is 4. The van der Waals surface area contributed by atoms with E-state index in [-0.39, 0.29) is 41.3 Å². The summed E-state index contributed by atoms with van der Waals surface area (Å²) < 4.78 is 9.60. The molecule has 2 saturated heterocycles. The Morgan fingerprint density at radius 1 is 0.852 bits per heavy atom. The molecule has 3 aromatic carbocycles. The highest BCUT2D eigenvalue weighted by molar-refractivity contribution is 5.91. The Bertz CT molecular complexity index is 2470. The second-order valence-corrected chi connectivity index (χ2v) is 17.8. The molecular weight excluding hydrogens is 773 g/mol. The van der Waals surface area contributed by atoms with Gasteiger partial charge in [0.15, 0.2) is 0 Å². The summed E-state index contributed by atoms with van der Waals surface area (Å²) in [4.78, 5) is 72.4. The first-order valence-electron chi connectivity index (χ1n) is 21.5. The number of benzene rings is 3. The number of fused-ring (bicyclic) bond motifs is 3. The molecule has 318 valence electrons. The summed E-state index contributed by atoms with van der Waals surface area (Å²) >= 11 is 0. The lowest BCUT2D eigenvalue weighted by atomic mass is 9.95. The van der Waals surface area contributed by atoms with Crippen LogP contribution in [0.3, 0.4) is 0 Å². The van der Waals surface area contributed by atoms with Gasteiger partial charge in [0.1, 0.15) is 23.7 Å². The van der Waals surface area contributed by atoms with Crippen LogP contribution < -0.4 is 10.6 Å². The number of alkyl carbamates (subject to hydrolysis) is 2. The molecule has 5 aromatic rings. The Hall–Kier alpha value is -6.18. The fourth-order valence-corrected chi connectivity index (χ4v) is 10.0. The Morgan fingerprint density at radius 3 is 2.21 bits per heavy atom. The van der Waals surface area contributed by atoms with Crippen molar-refractivity contribution in [1.29, 1.82) is 0 Å². The van der Waals surface area contributed by atoms with Crippen molar-refractivity contribution in [3.8, 4) is 33.6 Å². The van der Waals surface area contributed by atoms with Gasteiger partial charge < -0.3 is 39.9 Å². The second-order valence-electron chi connectivity index (χ2n) is 17.8. The molecule has 2 aliphatic heterocycles. The number of H-pyrrole nitrogens is 2. The van der Waals surface area contributed by atoms with Crippen LogP contribution in [-0.2, 0) is 19.1 Å². The molecule has 6 atom stereocenters. The highest BCUT2D eigenvalue weighted by atomic mass is 16.5. The molecule has 14 heteroatoms. The van der Waals surface area contributed by atoms with Gasteiger partial charge in [0.05, 0.1) is 43.9 Å². The minimum atomic E-state index is -0.680. The number of aromatic amines is 2. The van der Waals surface area contributed by atoms with Crippen LogP contribution in [0.1, 0.15) is 89.4 Å². The van der Waals surface area contributed by atoms with Crippen molar-refractivity contribution in [2.75, 3.05) is 20.8 Å². The van der Waals surface area contributed by atoms with E-state index in [1.807, 2.05) is 43.0 Å². The van der Waals surface area contributed by atoms with Crippen LogP contribution in [-0.4, -0.2) is 92.6 Å². The molecule has 4 fully saturated rings. The molecule has 2 aliphatic carbocycles. The zero-order valence-electron chi connectivity index (χ0n) is 35.4. The first-order valence-corrected chi connectivity index (χ1v) is 21.5. The van der Waals surface area contributed by atoms with E-state index in [1.165, 1.54) is 14.2 Å². The first kappa shape index (κ1) is 40.2. The summed E-state index contributed by atoms with van der Waals surface area (Å²) in [6, 6.07) is 19.7. The molecule has 14 nitrogen and oxygen atoms in total. The molecule has 9 rings (SSSR count). The number of likely N-dealkylation sites (tertiary alicyclic amines) is 2. The minimum absolute atomic E-state index is 0.0906. The summed E-state index contributed by atoms with van der Waals surface area (Å²) in [6.45, 7) is 6.41. The van der Waals surface area contributed by atoms with E-state index in [4.69, 9.17) is 19.4 Å². The Kier molecular flexibility index (Phi) is 10.6. The largest absolute Gasteiger partial charge is 0.453 e. The number of hydrogen-bond acceptors (Lipinski definition) is 8. The monoisotopic (exact) mass is 826 g/mol. The van der Waals surface area contributed by atoms with Crippen LogP contribution in [0.5, 0.6) is 0 Å². The van der Waals surface area contributed by atoms with Crippen LogP contribution in [0, 0.1) is 17.3 Å². The quantitative estimate of drug-likeness (QED) is 0.104. The fourth-order valence-electron chi connectivity index (χ4n) is 10.0. The van der Waals surface area contributed by atoms with E-state index in [1.54, 1.807) is 0 Å². The number of nitrogens with zero attached hydrogens (tertiary/aromatic N) is 4. The van der Waals surface area contributed by atoms with Crippen molar-refractivity contribution in [3.63, 3.8) is 0 Å². The number of piperidine rings is 1. The van der Waals surface area contributed by atoms with E-state index in [0.717, 1.165) is 94.6 Å². The molecule has 4 heterocycles. The number of nitrogens with one attached hydrogen (secondary N) is 4. The van der Waals surface area contributed by atoms with E-state index >= 15 is 0 Å². The Labute approximate surface area is 355 Å². The second kappa shape index (κ2) is 16.0. The summed E-state index contributed by atoms with van der Waals surface area (Å²) in [6.07, 6.45) is 8.98. The van der Waals surface area contributed by atoms with E-state index in [0.29, 0.717) is 18.9 Å². The number of rotatable bonds is 11. The molecule has 4 N–H and O–H groups in total. The van der Waals surface area contributed by atoms with Gasteiger partial charge in [-0.2, -0.15) is 0 Å². The van der Waals surface area contributed by atoms with Gasteiger partial charge in [0.2, 0.25) is 11.8 Å². The lowest BCUT2D eigenvalue weighted by molar-refractivity contribution is -0.139. The third-order valence-electron chi connectivity index (χ3n) is 13.6. The van der Waals surface area contributed by atoms with Gasteiger partial charge in [-0.05, 0) is 102 Å². The maximum atomic E-state index is 14.0. The third-order valence-corrected chi connectivity index (χ3v) is 13.6. The summed E-state index contributed by atoms with van der Waals surface area (Å²) in [5.74, 6) is 1.56. The van der Waals surface area contributed by atoms with E-state index < -0.39 is 24.3 Å². The number of ether oxygens (including phenoxy) is 2. The zero-order valence-corrected chi connectivity index (χ0v) is 35.4. The maximum absolute atomic E-state index is 14.0. The first-order chi connectivity index (χ1) is 29.5. The Morgan fingerprint density at radius 2 is 1.52 bits per heavy atom. The van der Waals surface area contributed by atoms with E-state index in [9.17, 15) is 19.2 Å². The molecule has 61 heavy (non-hydrogen) atoms. The van der Waals surface area contributed by atoms with Gasteiger partial charge in [0, 0.05) is 24.3 Å². The van der Waals surface area contributed by atoms with Gasteiger partial charge in [-0.1, -0.05) is 69.3 Å². The average Bonchev–Trinajstić information content (AvgIpc) is 3.91. The summed E-state index contributed by atoms with van der Waals surface area (Å²) in [5.41, 5.74) is 6.01. The predicted molar refractivity (Wildman–Crippen MR) is 230 cm³/mol. The molecule has 2 bridgehead atoms. The van der Waals surface area contributed by atoms with Crippen molar-refractivity contribution < 1.29 is 28.7 Å². The number of aromatic nitrogens is 4. The van der Waals surface area contributed by atoms with Crippen LogP contribution in [0.2, 0.25) is 0 Å². The van der Waals surface area contributed by atoms with Crippen molar-refractivity contribution in [2.24, 2.45) is 17.3 Å². The van der Waals surface area contributed by atoms with Crippen molar-refractivity contribution >= 4 is 34.8 Å². The molecule has 0 unspecified atom stereocenters. The van der Waals surface area contributed by atoms with Crippen molar-refractivity contribution in [1.82, 2.24) is 40.4 Å².